The predicted molar refractivity (Wildman–Crippen MR) is 83.7 cm³/mol. The number of hydrogen-bond acceptors (Lipinski definition) is 1. The van der Waals surface area contributed by atoms with E-state index in [1.807, 2.05) is 6.07 Å². The predicted octanol–water partition coefficient (Wildman–Crippen LogP) is 4.83. The summed E-state index contributed by atoms with van der Waals surface area (Å²) in [5, 5.41) is 3.70. The summed E-state index contributed by atoms with van der Waals surface area (Å²) in [6, 6.07) is 5.72. The van der Waals surface area contributed by atoms with Crippen molar-refractivity contribution in [2.45, 2.75) is 51.5 Å². The van der Waals surface area contributed by atoms with Crippen molar-refractivity contribution in [3.05, 3.63) is 34.6 Å². The normalized spacial score (nSPS) is 26.7. The molecular weight excluding hydrogens is 273 g/mol. The highest BCUT2D eigenvalue weighted by Crippen LogP contribution is 2.34. The van der Waals surface area contributed by atoms with Crippen LogP contribution in [-0.4, -0.2) is 13.1 Å². The number of nitrogens with one attached hydrogen (secondary N) is 1. The monoisotopic (exact) mass is 297 g/mol. The van der Waals surface area contributed by atoms with Gasteiger partial charge in [-0.1, -0.05) is 37.4 Å². The molecule has 2 rings (SSSR count). The molecule has 1 N–H and O–H groups in total. The van der Waals surface area contributed by atoms with Crippen molar-refractivity contribution >= 4 is 11.6 Å². The second kappa shape index (κ2) is 7.42. The van der Waals surface area contributed by atoms with Gasteiger partial charge < -0.3 is 5.32 Å². The summed E-state index contributed by atoms with van der Waals surface area (Å²) < 4.78 is 13.2. The highest BCUT2D eigenvalue weighted by atomic mass is 35.5. The zero-order chi connectivity index (χ0) is 14.5. The SMILES string of the molecule is CCCC1CCC(NC)C(Cc2ccc(F)c(Cl)c2)C1. The molecule has 0 aliphatic heterocycles. The van der Waals surface area contributed by atoms with Crippen LogP contribution in [0, 0.1) is 17.7 Å². The van der Waals surface area contributed by atoms with E-state index < -0.39 is 0 Å². The molecule has 112 valence electrons. The maximum atomic E-state index is 13.2. The Kier molecular flexibility index (Phi) is 5.86. The minimum atomic E-state index is -0.326. The molecule has 0 aromatic heterocycles. The molecule has 1 nitrogen and oxygen atoms in total. The zero-order valence-corrected chi connectivity index (χ0v) is 13.2. The summed E-state index contributed by atoms with van der Waals surface area (Å²) in [6.07, 6.45) is 7.45. The summed E-state index contributed by atoms with van der Waals surface area (Å²) in [5.41, 5.74) is 1.15. The molecular formula is C17H25ClFN. The lowest BCUT2D eigenvalue weighted by Gasteiger charge is -2.36. The molecule has 1 saturated carbocycles. The third-order valence-corrected chi connectivity index (χ3v) is 4.93. The topological polar surface area (TPSA) is 12.0 Å². The Morgan fingerprint density at radius 2 is 2.15 bits per heavy atom. The van der Waals surface area contributed by atoms with E-state index >= 15 is 0 Å². The van der Waals surface area contributed by atoms with Crippen molar-refractivity contribution < 1.29 is 4.39 Å². The van der Waals surface area contributed by atoms with Gasteiger partial charge in [0.05, 0.1) is 5.02 Å². The van der Waals surface area contributed by atoms with Gasteiger partial charge in [0, 0.05) is 6.04 Å². The molecule has 1 fully saturated rings. The van der Waals surface area contributed by atoms with Gasteiger partial charge in [-0.25, -0.2) is 4.39 Å². The van der Waals surface area contributed by atoms with Gasteiger partial charge in [0.2, 0.25) is 0 Å². The summed E-state index contributed by atoms with van der Waals surface area (Å²) in [5.74, 6) is 1.16. The molecule has 3 heteroatoms. The van der Waals surface area contributed by atoms with Crippen LogP contribution in [0.15, 0.2) is 18.2 Å². The minimum Gasteiger partial charge on any atom is -0.317 e. The van der Waals surface area contributed by atoms with E-state index in [1.54, 1.807) is 6.07 Å². The van der Waals surface area contributed by atoms with E-state index in [0.717, 1.165) is 17.9 Å². The van der Waals surface area contributed by atoms with E-state index in [-0.39, 0.29) is 10.8 Å². The van der Waals surface area contributed by atoms with E-state index in [4.69, 9.17) is 11.6 Å². The van der Waals surface area contributed by atoms with Crippen molar-refractivity contribution in [2.75, 3.05) is 7.05 Å². The zero-order valence-electron chi connectivity index (χ0n) is 12.5. The van der Waals surface area contributed by atoms with Gasteiger partial charge in [0.1, 0.15) is 5.82 Å². The van der Waals surface area contributed by atoms with Crippen molar-refractivity contribution in [2.24, 2.45) is 11.8 Å². The van der Waals surface area contributed by atoms with Crippen molar-refractivity contribution in [3.63, 3.8) is 0 Å². The molecule has 1 aromatic carbocycles. The molecule has 0 radical (unpaired) electrons. The second-order valence-electron chi connectivity index (χ2n) is 6.08. The first-order chi connectivity index (χ1) is 9.63. The van der Waals surface area contributed by atoms with Crippen molar-refractivity contribution in [1.82, 2.24) is 5.32 Å². The highest BCUT2D eigenvalue weighted by molar-refractivity contribution is 6.30. The second-order valence-corrected chi connectivity index (χ2v) is 6.48. The first kappa shape index (κ1) is 15.8. The molecule has 0 bridgehead atoms. The summed E-state index contributed by atoms with van der Waals surface area (Å²) in [4.78, 5) is 0. The molecule has 1 aliphatic carbocycles. The van der Waals surface area contributed by atoms with Gasteiger partial charge in [0.15, 0.2) is 0 Å². The Bertz CT molecular complexity index is 435. The van der Waals surface area contributed by atoms with Crippen LogP contribution in [-0.2, 0) is 6.42 Å². The molecule has 0 heterocycles. The standard InChI is InChI=1S/C17H25ClFN/c1-3-4-12-6-8-17(20-2)14(9-12)10-13-5-7-16(19)15(18)11-13/h5,7,11-12,14,17,20H,3-4,6,8-10H2,1-2H3. The molecule has 0 amide bonds. The molecule has 1 aliphatic rings. The van der Waals surface area contributed by atoms with Crippen LogP contribution in [0.3, 0.4) is 0 Å². The van der Waals surface area contributed by atoms with Gasteiger partial charge >= 0.3 is 0 Å². The highest BCUT2D eigenvalue weighted by Gasteiger charge is 2.29. The Labute approximate surface area is 126 Å². The van der Waals surface area contributed by atoms with E-state index in [0.29, 0.717) is 12.0 Å². The van der Waals surface area contributed by atoms with E-state index in [1.165, 1.54) is 38.2 Å². The van der Waals surface area contributed by atoms with Crippen LogP contribution in [0.25, 0.3) is 0 Å². The molecule has 3 atom stereocenters. The van der Waals surface area contributed by atoms with Crippen LogP contribution < -0.4 is 5.32 Å². The van der Waals surface area contributed by atoms with Crippen LogP contribution in [0.5, 0.6) is 0 Å². The number of benzene rings is 1. The maximum Gasteiger partial charge on any atom is 0.141 e. The summed E-state index contributed by atoms with van der Waals surface area (Å²) in [6.45, 7) is 2.26. The third-order valence-electron chi connectivity index (χ3n) is 4.64. The number of hydrogen-bond donors (Lipinski definition) is 1. The van der Waals surface area contributed by atoms with Gasteiger partial charge in [-0.15, -0.1) is 0 Å². The average Bonchev–Trinajstić information content (AvgIpc) is 2.44. The fourth-order valence-corrected chi connectivity index (χ4v) is 3.81. The maximum absolute atomic E-state index is 13.2. The van der Waals surface area contributed by atoms with Gasteiger partial charge in [-0.05, 0) is 62.3 Å². The number of halogens is 2. The lowest BCUT2D eigenvalue weighted by Crippen LogP contribution is -2.39. The fourth-order valence-electron chi connectivity index (χ4n) is 3.61. The van der Waals surface area contributed by atoms with E-state index in [9.17, 15) is 4.39 Å². The van der Waals surface area contributed by atoms with Crippen LogP contribution in [0.4, 0.5) is 4.39 Å². The first-order valence-corrected chi connectivity index (χ1v) is 8.13. The van der Waals surface area contributed by atoms with E-state index in [2.05, 4.69) is 19.3 Å². The van der Waals surface area contributed by atoms with Gasteiger partial charge in [-0.3, -0.25) is 0 Å². The first-order valence-electron chi connectivity index (χ1n) is 7.75. The Balaban J connectivity index is 2.04. The van der Waals surface area contributed by atoms with Crippen molar-refractivity contribution in [1.29, 1.82) is 0 Å². The Morgan fingerprint density at radius 3 is 2.80 bits per heavy atom. The van der Waals surface area contributed by atoms with Crippen LogP contribution in [0.2, 0.25) is 5.02 Å². The van der Waals surface area contributed by atoms with Crippen LogP contribution in [0.1, 0.15) is 44.6 Å². The molecule has 0 spiro atoms. The van der Waals surface area contributed by atoms with Crippen molar-refractivity contribution in [3.8, 4) is 0 Å². The lowest BCUT2D eigenvalue weighted by molar-refractivity contribution is 0.200. The van der Waals surface area contributed by atoms with Gasteiger partial charge in [0.25, 0.3) is 0 Å². The molecule has 3 unspecified atom stereocenters. The molecule has 20 heavy (non-hydrogen) atoms. The quantitative estimate of drug-likeness (QED) is 0.821. The molecule has 1 aromatic rings. The fraction of sp³-hybridized carbons (Fsp3) is 0.647. The summed E-state index contributed by atoms with van der Waals surface area (Å²) >= 11 is 5.89. The summed E-state index contributed by atoms with van der Waals surface area (Å²) in [7, 11) is 2.05. The minimum absolute atomic E-state index is 0.240. The largest absolute Gasteiger partial charge is 0.317 e. The molecule has 0 saturated heterocycles. The number of rotatable bonds is 5. The Hall–Kier alpha value is -0.600. The van der Waals surface area contributed by atoms with Crippen LogP contribution >= 0.6 is 11.6 Å². The Morgan fingerprint density at radius 1 is 1.35 bits per heavy atom. The third kappa shape index (κ3) is 3.95. The average molecular weight is 298 g/mol. The smallest absolute Gasteiger partial charge is 0.141 e. The van der Waals surface area contributed by atoms with Gasteiger partial charge in [-0.2, -0.15) is 0 Å². The lowest BCUT2D eigenvalue weighted by atomic mass is 9.74.